The average molecular weight is 723 g/mol. The Labute approximate surface area is 331 Å². The van der Waals surface area contributed by atoms with Crippen LogP contribution in [0.1, 0.15) is 22.3 Å². The molecule has 0 aliphatic heterocycles. The van der Waals surface area contributed by atoms with Gasteiger partial charge in [0.25, 0.3) is 0 Å². The molecular formula is C55H34N2. The number of aromatic nitrogens is 2. The van der Waals surface area contributed by atoms with Gasteiger partial charge in [0.05, 0.1) is 16.8 Å². The Kier molecular flexibility index (Phi) is 6.88. The molecule has 9 aromatic carbocycles. The molecule has 0 saturated heterocycles. The fraction of sp³-hybridized carbons (Fsp3) is 0.0182. The van der Waals surface area contributed by atoms with Crippen LogP contribution in [0.5, 0.6) is 0 Å². The molecule has 0 bridgehead atoms. The minimum atomic E-state index is -0.450. The minimum absolute atomic E-state index is 0.450. The van der Waals surface area contributed by atoms with E-state index in [2.05, 4.69) is 206 Å². The summed E-state index contributed by atoms with van der Waals surface area (Å²) in [5, 5.41) is 4.95. The predicted molar refractivity (Wildman–Crippen MR) is 235 cm³/mol. The van der Waals surface area contributed by atoms with Gasteiger partial charge in [0, 0.05) is 16.7 Å². The Hall–Kier alpha value is -7.42. The molecule has 1 atom stereocenters. The zero-order valence-electron chi connectivity index (χ0n) is 31.0. The molecular weight excluding hydrogens is 689 g/mol. The molecule has 0 saturated carbocycles. The smallest absolute Gasteiger partial charge is 0.160 e. The third-order valence-electron chi connectivity index (χ3n) is 12.3. The van der Waals surface area contributed by atoms with Gasteiger partial charge in [0.15, 0.2) is 5.82 Å². The lowest BCUT2D eigenvalue weighted by Crippen LogP contribution is -2.26. The van der Waals surface area contributed by atoms with E-state index in [1.807, 2.05) is 0 Å². The number of fused-ring (bicyclic) bond motifs is 13. The van der Waals surface area contributed by atoms with Crippen LogP contribution in [-0.2, 0) is 5.41 Å². The van der Waals surface area contributed by atoms with Crippen LogP contribution in [0.4, 0.5) is 0 Å². The van der Waals surface area contributed by atoms with Crippen molar-refractivity contribution < 1.29 is 0 Å². The fourth-order valence-electron chi connectivity index (χ4n) is 9.77. The quantitative estimate of drug-likeness (QED) is 0.181. The first-order chi connectivity index (χ1) is 28.2. The van der Waals surface area contributed by atoms with Crippen LogP contribution in [0.15, 0.2) is 206 Å². The summed E-state index contributed by atoms with van der Waals surface area (Å²) in [5.41, 5.74) is 17.2. The van der Waals surface area contributed by atoms with Gasteiger partial charge in [-0.25, -0.2) is 9.97 Å². The second kappa shape index (κ2) is 12.3. The lowest BCUT2D eigenvalue weighted by Gasteiger charge is -2.31. The van der Waals surface area contributed by atoms with Gasteiger partial charge in [-0.3, -0.25) is 0 Å². The first kappa shape index (κ1) is 31.9. The Balaban J connectivity index is 1.09. The van der Waals surface area contributed by atoms with Crippen LogP contribution in [0, 0.1) is 0 Å². The number of benzene rings is 9. The Morgan fingerprint density at radius 2 is 0.877 bits per heavy atom. The molecule has 1 spiro atoms. The molecule has 264 valence electrons. The number of nitrogens with zero attached hydrogens (tertiary/aromatic N) is 2. The molecule has 1 heterocycles. The first-order valence-corrected chi connectivity index (χ1v) is 19.6. The van der Waals surface area contributed by atoms with Crippen LogP contribution in [0.25, 0.3) is 88.8 Å². The highest BCUT2D eigenvalue weighted by Crippen LogP contribution is 2.64. The van der Waals surface area contributed by atoms with E-state index in [0.29, 0.717) is 5.82 Å². The summed E-state index contributed by atoms with van der Waals surface area (Å²) >= 11 is 0. The maximum absolute atomic E-state index is 5.37. The summed E-state index contributed by atoms with van der Waals surface area (Å²) in [6.07, 6.45) is 0. The summed E-state index contributed by atoms with van der Waals surface area (Å²) in [4.78, 5) is 10.7. The van der Waals surface area contributed by atoms with Crippen molar-refractivity contribution in [2.24, 2.45) is 0 Å². The summed E-state index contributed by atoms with van der Waals surface area (Å²) in [5.74, 6) is 0.708. The van der Waals surface area contributed by atoms with E-state index in [9.17, 15) is 0 Å². The Bertz CT molecular complexity index is 3250. The van der Waals surface area contributed by atoms with Gasteiger partial charge in [0.2, 0.25) is 0 Å². The van der Waals surface area contributed by atoms with E-state index in [1.165, 1.54) is 71.6 Å². The van der Waals surface area contributed by atoms with Crippen LogP contribution in [-0.4, -0.2) is 9.97 Å². The molecule has 12 rings (SSSR count). The maximum Gasteiger partial charge on any atom is 0.160 e. The summed E-state index contributed by atoms with van der Waals surface area (Å²) in [6.45, 7) is 0. The third-order valence-corrected chi connectivity index (χ3v) is 12.3. The molecule has 0 amide bonds. The van der Waals surface area contributed by atoms with Crippen molar-refractivity contribution in [3.8, 4) is 67.3 Å². The minimum Gasteiger partial charge on any atom is -0.228 e. The summed E-state index contributed by atoms with van der Waals surface area (Å²) in [6, 6.07) is 75.0. The Morgan fingerprint density at radius 1 is 0.298 bits per heavy atom. The van der Waals surface area contributed by atoms with Gasteiger partial charge >= 0.3 is 0 Å². The largest absolute Gasteiger partial charge is 0.228 e. The predicted octanol–water partition coefficient (Wildman–Crippen LogP) is 13.8. The van der Waals surface area contributed by atoms with E-state index in [4.69, 9.17) is 9.97 Å². The fourth-order valence-corrected chi connectivity index (χ4v) is 9.77. The highest BCUT2D eigenvalue weighted by Gasteiger charge is 2.52. The molecule has 1 aromatic heterocycles. The van der Waals surface area contributed by atoms with Crippen molar-refractivity contribution >= 4 is 21.5 Å². The zero-order chi connectivity index (χ0) is 37.5. The molecule has 1 unspecified atom stereocenters. The average Bonchev–Trinajstić information content (AvgIpc) is 3.76. The van der Waals surface area contributed by atoms with Gasteiger partial charge in [-0.1, -0.05) is 182 Å². The lowest BCUT2D eigenvalue weighted by atomic mass is 9.69. The van der Waals surface area contributed by atoms with Crippen molar-refractivity contribution in [3.63, 3.8) is 0 Å². The van der Waals surface area contributed by atoms with E-state index in [1.54, 1.807) is 0 Å². The Morgan fingerprint density at radius 3 is 1.68 bits per heavy atom. The second-order valence-corrected chi connectivity index (χ2v) is 15.3. The van der Waals surface area contributed by atoms with Gasteiger partial charge in [-0.05, 0) is 101 Å². The zero-order valence-corrected chi connectivity index (χ0v) is 31.0. The van der Waals surface area contributed by atoms with E-state index < -0.39 is 5.41 Å². The van der Waals surface area contributed by atoms with Crippen molar-refractivity contribution in [2.75, 3.05) is 0 Å². The monoisotopic (exact) mass is 722 g/mol. The van der Waals surface area contributed by atoms with Gasteiger partial charge in [0.1, 0.15) is 0 Å². The van der Waals surface area contributed by atoms with Crippen molar-refractivity contribution in [1.82, 2.24) is 9.97 Å². The molecule has 0 radical (unpaired) electrons. The van der Waals surface area contributed by atoms with Crippen LogP contribution < -0.4 is 0 Å². The highest BCUT2D eigenvalue weighted by molar-refractivity contribution is 6.04. The highest BCUT2D eigenvalue weighted by atomic mass is 14.9. The molecule has 10 aromatic rings. The van der Waals surface area contributed by atoms with Gasteiger partial charge in [-0.15, -0.1) is 0 Å². The second-order valence-electron chi connectivity index (χ2n) is 15.3. The lowest BCUT2D eigenvalue weighted by molar-refractivity contribution is 0.801. The molecule has 2 nitrogen and oxygen atoms in total. The van der Waals surface area contributed by atoms with Crippen LogP contribution >= 0.6 is 0 Å². The van der Waals surface area contributed by atoms with Gasteiger partial charge in [-0.2, -0.15) is 0 Å². The van der Waals surface area contributed by atoms with Crippen LogP contribution in [0.3, 0.4) is 0 Å². The van der Waals surface area contributed by atoms with Crippen molar-refractivity contribution in [1.29, 1.82) is 0 Å². The normalized spacial score (nSPS) is 14.7. The molecule has 2 aliphatic rings. The number of hydrogen-bond acceptors (Lipinski definition) is 2. The maximum atomic E-state index is 5.37. The topological polar surface area (TPSA) is 25.8 Å². The first-order valence-electron chi connectivity index (χ1n) is 19.6. The van der Waals surface area contributed by atoms with E-state index >= 15 is 0 Å². The molecule has 0 fully saturated rings. The number of hydrogen-bond donors (Lipinski definition) is 0. The van der Waals surface area contributed by atoms with Crippen molar-refractivity contribution in [2.45, 2.75) is 5.41 Å². The molecule has 0 N–H and O–H groups in total. The molecule has 2 aliphatic carbocycles. The van der Waals surface area contributed by atoms with Gasteiger partial charge < -0.3 is 0 Å². The third kappa shape index (κ3) is 4.71. The van der Waals surface area contributed by atoms with Crippen LogP contribution in [0.2, 0.25) is 0 Å². The van der Waals surface area contributed by atoms with E-state index in [-0.39, 0.29) is 0 Å². The summed E-state index contributed by atoms with van der Waals surface area (Å²) < 4.78 is 0. The van der Waals surface area contributed by atoms with Crippen molar-refractivity contribution in [3.05, 3.63) is 229 Å². The molecule has 57 heavy (non-hydrogen) atoms. The standard InChI is InChI=1S/C55H34N2/c1-2-13-35(14-3-1)39-18-12-19-40(31-39)51-34-52(41-26-25-36-15-4-5-17-38(36)32-41)57-54(56-51)42-28-30-50-47(33-42)45-22-9-11-24-49(45)55(50)48-23-10-8-21-44(48)46-29-27-37-16-6-7-20-43(37)53(46)55/h1-34H. The van der Waals surface area contributed by atoms with E-state index in [0.717, 1.165) is 33.6 Å². The summed E-state index contributed by atoms with van der Waals surface area (Å²) in [7, 11) is 0. The SMILES string of the molecule is c1ccc(-c2cccc(-c3cc(-c4ccc5ccccc5c4)nc(-c4ccc5c(c4)-c4ccccc4C54c5ccccc5-c5ccc6ccccc6c54)n3)c2)cc1. The number of rotatable bonds is 4. The molecule has 2 heteroatoms.